The Morgan fingerprint density at radius 3 is 2.50 bits per heavy atom. The van der Waals surface area contributed by atoms with Crippen molar-refractivity contribution in [1.29, 1.82) is 0 Å². The molecule has 5 heteroatoms. The minimum atomic E-state index is 0.0801. The molecule has 2 aromatic heterocycles. The molecule has 1 amide bonds. The van der Waals surface area contributed by atoms with Gasteiger partial charge in [0.1, 0.15) is 0 Å². The summed E-state index contributed by atoms with van der Waals surface area (Å²) >= 11 is 0. The molecule has 30 heavy (non-hydrogen) atoms. The van der Waals surface area contributed by atoms with Gasteiger partial charge in [-0.05, 0) is 42.8 Å². The van der Waals surface area contributed by atoms with Crippen molar-refractivity contribution in [3.63, 3.8) is 0 Å². The van der Waals surface area contributed by atoms with Crippen LogP contribution in [-0.4, -0.2) is 51.4 Å². The van der Waals surface area contributed by atoms with Gasteiger partial charge in [-0.2, -0.15) is 0 Å². The zero-order valence-corrected chi connectivity index (χ0v) is 17.3. The Kier molecular flexibility index (Phi) is 4.97. The fraction of sp³-hybridized carbons (Fsp3) is 0.280. The first kappa shape index (κ1) is 18.8. The van der Waals surface area contributed by atoms with Crippen LogP contribution in [0.5, 0.6) is 0 Å². The number of fused-ring (bicyclic) bond motifs is 3. The van der Waals surface area contributed by atoms with Gasteiger partial charge >= 0.3 is 0 Å². The first-order valence-corrected chi connectivity index (χ1v) is 10.7. The number of hydrogen-bond acceptors (Lipinski definition) is 3. The van der Waals surface area contributed by atoms with E-state index in [0.717, 1.165) is 39.3 Å². The number of carbonyl (C=O) groups is 1. The van der Waals surface area contributed by atoms with Crippen molar-refractivity contribution >= 4 is 27.7 Å². The lowest BCUT2D eigenvalue weighted by Gasteiger charge is -2.34. The van der Waals surface area contributed by atoms with E-state index in [4.69, 9.17) is 0 Å². The summed E-state index contributed by atoms with van der Waals surface area (Å²) < 4.78 is 2.39. The fourth-order valence-corrected chi connectivity index (χ4v) is 4.58. The van der Waals surface area contributed by atoms with Crippen molar-refractivity contribution in [3.05, 3.63) is 78.1 Å². The second-order valence-electron chi connectivity index (χ2n) is 7.92. The summed E-state index contributed by atoms with van der Waals surface area (Å²) in [7, 11) is 0. The maximum Gasteiger partial charge on any atom is 0.255 e. The highest BCUT2D eigenvalue weighted by atomic mass is 16.2. The normalized spacial score (nSPS) is 15.2. The van der Waals surface area contributed by atoms with Gasteiger partial charge in [0.05, 0.1) is 5.56 Å². The summed E-state index contributed by atoms with van der Waals surface area (Å²) in [5.41, 5.74) is 4.60. The smallest absolute Gasteiger partial charge is 0.255 e. The molecule has 0 unspecified atom stereocenters. The van der Waals surface area contributed by atoms with Gasteiger partial charge in [-0.3, -0.25) is 14.7 Å². The van der Waals surface area contributed by atoms with E-state index in [0.29, 0.717) is 5.56 Å². The van der Waals surface area contributed by atoms with Gasteiger partial charge in [-0.15, -0.1) is 0 Å². The number of rotatable bonds is 4. The van der Waals surface area contributed by atoms with Gasteiger partial charge in [0.15, 0.2) is 0 Å². The minimum absolute atomic E-state index is 0.0801. The second-order valence-corrected chi connectivity index (χ2v) is 7.92. The number of benzene rings is 2. The van der Waals surface area contributed by atoms with Crippen LogP contribution < -0.4 is 0 Å². The molecular formula is C25H26N4O. The number of aromatic nitrogens is 2. The van der Waals surface area contributed by atoms with Crippen molar-refractivity contribution < 1.29 is 4.79 Å². The molecule has 5 rings (SSSR count). The average Bonchev–Trinajstić information content (AvgIpc) is 3.13. The fourth-order valence-electron chi connectivity index (χ4n) is 4.58. The molecular weight excluding hydrogens is 372 g/mol. The van der Waals surface area contributed by atoms with Crippen LogP contribution in [-0.2, 0) is 13.1 Å². The van der Waals surface area contributed by atoms with Gasteiger partial charge in [0.25, 0.3) is 5.91 Å². The standard InChI is InChI=1S/C25H26N4O/c1-2-29-23-8-4-3-7-21(23)22-16-19(9-10-24(22)29)18-27-12-14-28(15-13-27)25(30)20-6-5-11-26-17-20/h3-11,16-17H,2,12-15,18H2,1H3. The van der Waals surface area contributed by atoms with Gasteiger partial charge in [0.2, 0.25) is 0 Å². The molecule has 1 aliphatic heterocycles. The number of nitrogens with zero attached hydrogens (tertiary/aromatic N) is 4. The number of hydrogen-bond donors (Lipinski definition) is 0. The molecule has 0 spiro atoms. The third-order valence-corrected chi connectivity index (χ3v) is 6.13. The zero-order valence-electron chi connectivity index (χ0n) is 17.3. The van der Waals surface area contributed by atoms with Crippen molar-refractivity contribution in [3.8, 4) is 0 Å². The van der Waals surface area contributed by atoms with Crippen LogP contribution in [0.1, 0.15) is 22.8 Å². The van der Waals surface area contributed by atoms with Gasteiger partial charge in [-0.1, -0.05) is 24.3 Å². The molecule has 1 aliphatic rings. The molecule has 0 saturated carbocycles. The Bertz CT molecular complexity index is 1190. The van der Waals surface area contributed by atoms with Crippen LogP contribution in [0.2, 0.25) is 0 Å². The van der Waals surface area contributed by atoms with Crippen molar-refractivity contribution in [2.75, 3.05) is 26.2 Å². The molecule has 0 aliphatic carbocycles. The Labute approximate surface area is 176 Å². The highest BCUT2D eigenvalue weighted by Crippen LogP contribution is 2.30. The lowest BCUT2D eigenvalue weighted by Crippen LogP contribution is -2.48. The third kappa shape index (κ3) is 3.35. The number of aryl methyl sites for hydroxylation is 1. The van der Waals surface area contributed by atoms with Crippen LogP contribution in [0, 0.1) is 0 Å². The topological polar surface area (TPSA) is 41.4 Å². The second kappa shape index (κ2) is 7.92. The van der Waals surface area contributed by atoms with Crippen molar-refractivity contribution in [1.82, 2.24) is 19.4 Å². The molecule has 5 nitrogen and oxygen atoms in total. The quantitative estimate of drug-likeness (QED) is 0.518. The molecule has 2 aromatic carbocycles. The first-order chi connectivity index (χ1) is 14.7. The van der Waals surface area contributed by atoms with E-state index in [9.17, 15) is 4.79 Å². The molecule has 152 valence electrons. The Morgan fingerprint density at radius 1 is 0.933 bits per heavy atom. The molecule has 1 fully saturated rings. The number of pyridine rings is 1. The molecule has 0 bridgehead atoms. The highest BCUT2D eigenvalue weighted by Gasteiger charge is 2.22. The minimum Gasteiger partial charge on any atom is -0.341 e. The summed E-state index contributed by atoms with van der Waals surface area (Å²) in [5.74, 6) is 0.0801. The summed E-state index contributed by atoms with van der Waals surface area (Å²) in [6.45, 7) is 7.37. The summed E-state index contributed by atoms with van der Waals surface area (Å²) in [5, 5.41) is 2.65. The average molecular weight is 399 g/mol. The predicted molar refractivity (Wildman–Crippen MR) is 121 cm³/mol. The Hall–Kier alpha value is -3.18. The van der Waals surface area contributed by atoms with Gasteiger partial charge in [0, 0.05) is 73.5 Å². The van der Waals surface area contributed by atoms with Crippen LogP contribution in [0.4, 0.5) is 0 Å². The lowest BCUT2D eigenvalue weighted by atomic mass is 10.1. The van der Waals surface area contributed by atoms with Crippen molar-refractivity contribution in [2.24, 2.45) is 0 Å². The Morgan fingerprint density at radius 2 is 1.73 bits per heavy atom. The van der Waals surface area contributed by atoms with E-state index in [2.05, 4.69) is 63.8 Å². The monoisotopic (exact) mass is 398 g/mol. The third-order valence-electron chi connectivity index (χ3n) is 6.13. The molecule has 0 atom stereocenters. The van der Waals surface area contributed by atoms with E-state index < -0.39 is 0 Å². The molecule has 0 radical (unpaired) electrons. The zero-order chi connectivity index (χ0) is 20.5. The van der Waals surface area contributed by atoms with Gasteiger partial charge in [-0.25, -0.2) is 0 Å². The van der Waals surface area contributed by atoms with E-state index in [1.54, 1.807) is 12.4 Å². The van der Waals surface area contributed by atoms with E-state index in [-0.39, 0.29) is 5.91 Å². The van der Waals surface area contributed by atoms with E-state index in [1.165, 1.54) is 27.4 Å². The summed E-state index contributed by atoms with van der Waals surface area (Å²) in [6.07, 6.45) is 3.35. The van der Waals surface area contributed by atoms with E-state index in [1.807, 2.05) is 17.0 Å². The van der Waals surface area contributed by atoms with Crippen LogP contribution in [0.25, 0.3) is 21.8 Å². The number of carbonyl (C=O) groups excluding carboxylic acids is 1. The number of para-hydroxylation sites is 1. The lowest BCUT2D eigenvalue weighted by molar-refractivity contribution is 0.0628. The van der Waals surface area contributed by atoms with Crippen LogP contribution in [0.3, 0.4) is 0 Å². The molecule has 1 saturated heterocycles. The van der Waals surface area contributed by atoms with Crippen LogP contribution >= 0.6 is 0 Å². The first-order valence-electron chi connectivity index (χ1n) is 10.7. The summed E-state index contributed by atoms with van der Waals surface area (Å²) in [6, 6.07) is 19.2. The Balaban J connectivity index is 1.31. The molecule has 3 heterocycles. The maximum atomic E-state index is 12.6. The summed E-state index contributed by atoms with van der Waals surface area (Å²) in [4.78, 5) is 21.1. The van der Waals surface area contributed by atoms with Crippen molar-refractivity contribution in [2.45, 2.75) is 20.0 Å². The number of piperazine rings is 1. The van der Waals surface area contributed by atoms with Gasteiger partial charge < -0.3 is 9.47 Å². The number of amides is 1. The van der Waals surface area contributed by atoms with Crippen LogP contribution in [0.15, 0.2) is 67.0 Å². The molecule has 4 aromatic rings. The molecule has 0 N–H and O–H groups in total. The maximum absolute atomic E-state index is 12.6. The predicted octanol–water partition coefficient (Wildman–Crippen LogP) is 4.17. The SMILES string of the molecule is CCn1c2ccccc2c2cc(CN3CCN(C(=O)c4cccnc4)CC3)ccc21. The highest BCUT2D eigenvalue weighted by molar-refractivity contribution is 6.08. The van der Waals surface area contributed by atoms with E-state index >= 15 is 0 Å². The largest absolute Gasteiger partial charge is 0.341 e.